The van der Waals surface area contributed by atoms with Gasteiger partial charge in [-0.15, -0.1) is 0 Å². The van der Waals surface area contributed by atoms with Crippen molar-refractivity contribution < 1.29 is 0 Å². The van der Waals surface area contributed by atoms with Gasteiger partial charge in [-0.05, 0) is 6.92 Å². The Morgan fingerprint density at radius 3 is 2.48 bits per heavy atom. The highest BCUT2D eigenvalue weighted by atomic mass is 15.3. The molecule has 0 aliphatic heterocycles. The quantitative estimate of drug-likeness (QED) is 0.780. The van der Waals surface area contributed by atoms with Crippen LogP contribution < -0.4 is 5.32 Å². The number of nitrogens with one attached hydrogen (secondary N) is 1. The normalized spacial score (nSPS) is 10.5. The summed E-state index contributed by atoms with van der Waals surface area (Å²) in [6.07, 6.45) is 7.51. The molecule has 0 radical (unpaired) electrons. The third kappa shape index (κ3) is 3.25. The van der Waals surface area contributed by atoms with Gasteiger partial charge in [-0.2, -0.15) is 5.10 Å². The van der Waals surface area contributed by atoms with Crippen molar-refractivity contribution >= 4 is 5.69 Å². The molecule has 0 fully saturated rings. The fourth-order valence-corrected chi connectivity index (χ4v) is 2.03. The molecule has 0 unspecified atom stereocenters. The summed E-state index contributed by atoms with van der Waals surface area (Å²) in [6.45, 7) is 3.67. The van der Waals surface area contributed by atoms with Crippen LogP contribution >= 0.6 is 0 Å². The first-order chi connectivity index (χ1) is 10.3. The van der Waals surface area contributed by atoms with Crippen LogP contribution in [0.5, 0.6) is 0 Å². The number of hydrogen-bond donors (Lipinski definition) is 1. The summed E-state index contributed by atoms with van der Waals surface area (Å²) < 4.78 is 1.91. The van der Waals surface area contributed by atoms with Gasteiger partial charge in [0.05, 0.1) is 24.3 Å². The molecule has 3 rings (SSSR count). The molecule has 0 aliphatic carbocycles. The smallest absolute Gasteiger partial charge is 0.159 e. The standard InChI is InChI=1S/C16H17N5/c1-2-21-12-13(9-20-21)8-17-15-10-18-16(19-11-15)14-6-4-3-5-7-14/h3-7,9-12,17H,2,8H2,1H3. The Balaban J connectivity index is 1.64. The lowest BCUT2D eigenvalue weighted by Gasteiger charge is -2.05. The monoisotopic (exact) mass is 279 g/mol. The first-order valence-electron chi connectivity index (χ1n) is 6.98. The van der Waals surface area contributed by atoms with Crippen LogP contribution in [0.2, 0.25) is 0 Å². The van der Waals surface area contributed by atoms with E-state index in [2.05, 4.69) is 27.3 Å². The number of anilines is 1. The molecule has 3 aromatic rings. The first-order valence-corrected chi connectivity index (χ1v) is 6.98. The zero-order valence-electron chi connectivity index (χ0n) is 11.9. The highest BCUT2D eigenvalue weighted by Gasteiger charge is 2.01. The van der Waals surface area contributed by atoms with E-state index in [0.29, 0.717) is 6.54 Å². The van der Waals surface area contributed by atoms with Crippen LogP contribution in [0.15, 0.2) is 55.1 Å². The Kier molecular flexibility index (Phi) is 3.91. The van der Waals surface area contributed by atoms with E-state index < -0.39 is 0 Å². The van der Waals surface area contributed by atoms with Crippen molar-refractivity contribution in [2.45, 2.75) is 20.0 Å². The summed E-state index contributed by atoms with van der Waals surface area (Å²) >= 11 is 0. The van der Waals surface area contributed by atoms with Crippen LogP contribution in [0.25, 0.3) is 11.4 Å². The molecular formula is C16H17N5. The molecular weight excluding hydrogens is 262 g/mol. The largest absolute Gasteiger partial charge is 0.378 e. The topological polar surface area (TPSA) is 55.6 Å². The zero-order valence-corrected chi connectivity index (χ0v) is 11.9. The summed E-state index contributed by atoms with van der Waals surface area (Å²) in [4.78, 5) is 8.78. The lowest BCUT2D eigenvalue weighted by atomic mass is 10.2. The molecule has 0 saturated heterocycles. The summed E-state index contributed by atoms with van der Waals surface area (Å²) in [5.41, 5.74) is 3.07. The Hall–Kier alpha value is -2.69. The van der Waals surface area contributed by atoms with Crippen molar-refractivity contribution in [3.8, 4) is 11.4 Å². The maximum Gasteiger partial charge on any atom is 0.159 e. The van der Waals surface area contributed by atoms with Crippen LogP contribution in [0.1, 0.15) is 12.5 Å². The van der Waals surface area contributed by atoms with Crippen molar-refractivity contribution in [2.24, 2.45) is 0 Å². The van der Waals surface area contributed by atoms with Gasteiger partial charge in [0.1, 0.15) is 0 Å². The lowest BCUT2D eigenvalue weighted by Crippen LogP contribution is -2.00. The number of aromatic nitrogens is 4. The maximum atomic E-state index is 4.39. The number of aryl methyl sites for hydroxylation is 1. The molecule has 0 spiro atoms. The average Bonchev–Trinajstić information content (AvgIpc) is 3.02. The molecule has 0 amide bonds. The fourth-order valence-electron chi connectivity index (χ4n) is 2.03. The molecule has 5 nitrogen and oxygen atoms in total. The first kappa shape index (κ1) is 13.3. The molecule has 0 saturated carbocycles. The van der Waals surface area contributed by atoms with E-state index in [0.717, 1.165) is 29.2 Å². The minimum Gasteiger partial charge on any atom is -0.378 e. The Morgan fingerprint density at radius 1 is 1.05 bits per heavy atom. The SMILES string of the molecule is CCn1cc(CNc2cnc(-c3ccccc3)nc2)cn1. The molecule has 106 valence electrons. The third-order valence-corrected chi connectivity index (χ3v) is 3.19. The highest BCUT2D eigenvalue weighted by Crippen LogP contribution is 2.15. The third-order valence-electron chi connectivity index (χ3n) is 3.19. The van der Waals surface area contributed by atoms with Crippen LogP contribution in [-0.4, -0.2) is 19.7 Å². The molecule has 1 N–H and O–H groups in total. The van der Waals surface area contributed by atoms with Crippen molar-refractivity contribution in [3.05, 3.63) is 60.7 Å². The van der Waals surface area contributed by atoms with Gasteiger partial charge in [0, 0.05) is 30.4 Å². The van der Waals surface area contributed by atoms with E-state index >= 15 is 0 Å². The van der Waals surface area contributed by atoms with Gasteiger partial charge in [-0.3, -0.25) is 4.68 Å². The molecule has 0 atom stereocenters. The molecule has 21 heavy (non-hydrogen) atoms. The fraction of sp³-hybridized carbons (Fsp3) is 0.188. The van der Waals surface area contributed by atoms with E-state index in [9.17, 15) is 0 Å². The summed E-state index contributed by atoms with van der Waals surface area (Å²) in [5.74, 6) is 0.736. The van der Waals surface area contributed by atoms with E-state index in [4.69, 9.17) is 0 Å². The van der Waals surface area contributed by atoms with Crippen molar-refractivity contribution in [2.75, 3.05) is 5.32 Å². The molecule has 0 bridgehead atoms. The van der Waals surface area contributed by atoms with Crippen LogP contribution in [0, 0.1) is 0 Å². The van der Waals surface area contributed by atoms with Gasteiger partial charge >= 0.3 is 0 Å². The lowest BCUT2D eigenvalue weighted by molar-refractivity contribution is 0.659. The number of benzene rings is 1. The molecule has 0 aliphatic rings. The Bertz CT molecular complexity index is 688. The second-order valence-corrected chi connectivity index (χ2v) is 4.72. The van der Waals surface area contributed by atoms with Crippen LogP contribution in [0.4, 0.5) is 5.69 Å². The van der Waals surface area contributed by atoms with Crippen molar-refractivity contribution in [1.82, 2.24) is 19.7 Å². The second kappa shape index (κ2) is 6.17. The second-order valence-electron chi connectivity index (χ2n) is 4.72. The minimum absolute atomic E-state index is 0.716. The maximum absolute atomic E-state index is 4.39. The van der Waals surface area contributed by atoms with Crippen LogP contribution in [-0.2, 0) is 13.1 Å². The van der Waals surface area contributed by atoms with Gasteiger partial charge in [-0.25, -0.2) is 9.97 Å². The summed E-state index contributed by atoms with van der Waals surface area (Å²) in [5, 5.41) is 7.54. The molecule has 1 aromatic carbocycles. The van der Waals surface area contributed by atoms with E-state index in [1.54, 1.807) is 12.4 Å². The Labute approximate surface area is 123 Å². The zero-order chi connectivity index (χ0) is 14.5. The van der Waals surface area contributed by atoms with Gasteiger partial charge in [0.2, 0.25) is 0 Å². The van der Waals surface area contributed by atoms with Crippen molar-refractivity contribution in [1.29, 1.82) is 0 Å². The predicted octanol–water partition coefficient (Wildman–Crippen LogP) is 2.97. The molecule has 2 aromatic heterocycles. The van der Waals surface area contributed by atoms with Gasteiger partial charge in [-0.1, -0.05) is 30.3 Å². The Morgan fingerprint density at radius 2 is 1.81 bits per heavy atom. The minimum atomic E-state index is 0.716. The molecule has 2 heterocycles. The van der Waals surface area contributed by atoms with Gasteiger partial charge in [0.15, 0.2) is 5.82 Å². The van der Waals surface area contributed by atoms with Crippen LogP contribution in [0.3, 0.4) is 0 Å². The average molecular weight is 279 g/mol. The van der Waals surface area contributed by atoms with E-state index in [1.165, 1.54) is 0 Å². The van der Waals surface area contributed by atoms with Gasteiger partial charge in [0.25, 0.3) is 0 Å². The number of nitrogens with zero attached hydrogens (tertiary/aromatic N) is 4. The van der Waals surface area contributed by atoms with Crippen molar-refractivity contribution in [3.63, 3.8) is 0 Å². The molecule has 5 heteroatoms. The predicted molar refractivity (Wildman–Crippen MR) is 82.7 cm³/mol. The number of rotatable bonds is 5. The van der Waals surface area contributed by atoms with E-state index in [1.807, 2.05) is 47.4 Å². The summed E-state index contributed by atoms with van der Waals surface area (Å²) in [6, 6.07) is 9.95. The number of hydrogen-bond acceptors (Lipinski definition) is 4. The van der Waals surface area contributed by atoms with E-state index in [-0.39, 0.29) is 0 Å². The van der Waals surface area contributed by atoms with Gasteiger partial charge < -0.3 is 5.32 Å². The summed E-state index contributed by atoms with van der Waals surface area (Å²) in [7, 11) is 0. The highest BCUT2D eigenvalue weighted by molar-refractivity contribution is 5.55.